The molecule has 148 valence electrons. The van der Waals surface area contributed by atoms with Crippen molar-refractivity contribution in [1.82, 2.24) is 15.6 Å². The normalized spacial score (nSPS) is 16.0. The molecule has 26 heavy (non-hydrogen) atoms. The number of aromatic nitrogens is 1. The van der Waals surface area contributed by atoms with Crippen molar-refractivity contribution in [2.75, 3.05) is 51.8 Å². The largest absolute Gasteiger partial charge is 0.381 e. The molecule has 8 heteroatoms. The van der Waals surface area contributed by atoms with Gasteiger partial charge < -0.3 is 20.1 Å². The molecule has 1 aromatic heterocycles. The van der Waals surface area contributed by atoms with Crippen LogP contribution in [0, 0.1) is 5.92 Å². The highest BCUT2D eigenvalue weighted by atomic mass is 32.2. The number of hydrogen-bond acceptors (Lipinski definition) is 6. The Labute approximate surface area is 165 Å². The molecule has 2 heterocycles. The molecule has 1 aromatic rings. The summed E-state index contributed by atoms with van der Waals surface area (Å²) in [5.41, 5.74) is 0. The first-order valence-corrected chi connectivity index (χ1v) is 11.4. The summed E-state index contributed by atoms with van der Waals surface area (Å²) in [4.78, 5) is 8.91. The van der Waals surface area contributed by atoms with E-state index in [1.807, 2.05) is 11.6 Å². The van der Waals surface area contributed by atoms with E-state index in [1.54, 1.807) is 23.1 Å². The summed E-state index contributed by atoms with van der Waals surface area (Å²) in [5, 5.41) is 8.70. The average molecular weight is 401 g/mol. The summed E-state index contributed by atoms with van der Waals surface area (Å²) in [6.45, 7) is 8.12. The van der Waals surface area contributed by atoms with Gasteiger partial charge in [0.1, 0.15) is 4.34 Å². The van der Waals surface area contributed by atoms with Crippen molar-refractivity contribution in [3.63, 3.8) is 0 Å². The second kappa shape index (κ2) is 14.3. The first kappa shape index (κ1) is 21.5. The summed E-state index contributed by atoms with van der Waals surface area (Å²) < 4.78 is 12.3. The fourth-order valence-corrected chi connectivity index (χ4v) is 4.21. The molecule has 0 amide bonds. The SMILES string of the molecule is CCNC(=NCCCSc1nccs1)NCCCOCC1CCOCC1. The van der Waals surface area contributed by atoms with E-state index in [2.05, 4.69) is 27.5 Å². The minimum atomic E-state index is 0.679. The Morgan fingerprint density at radius 1 is 1.38 bits per heavy atom. The molecule has 0 radical (unpaired) electrons. The molecule has 1 saturated heterocycles. The molecular formula is C18H32N4O2S2. The van der Waals surface area contributed by atoms with Crippen molar-refractivity contribution in [3.05, 3.63) is 11.6 Å². The van der Waals surface area contributed by atoms with Gasteiger partial charge in [-0.1, -0.05) is 11.8 Å². The second-order valence-electron chi connectivity index (χ2n) is 6.17. The van der Waals surface area contributed by atoms with Crippen molar-refractivity contribution >= 4 is 29.1 Å². The Morgan fingerprint density at radius 2 is 2.27 bits per heavy atom. The molecule has 2 rings (SSSR count). The maximum Gasteiger partial charge on any atom is 0.191 e. The lowest BCUT2D eigenvalue weighted by atomic mass is 10.0. The minimum absolute atomic E-state index is 0.679. The predicted molar refractivity (Wildman–Crippen MR) is 110 cm³/mol. The number of nitrogens with zero attached hydrogens (tertiary/aromatic N) is 2. The number of guanidine groups is 1. The van der Waals surface area contributed by atoms with E-state index in [1.165, 1.54) is 0 Å². The molecular weight excluding hydrogens is 368 g/mol. The van der Waals surface area contributed by atoms with Crippen LogP contribution in [0.25, 0.3) is 0 Å². The van der Waals surface area contributed by atoms with Crippen LogP contribution in [-0.2, 0) is 9.47 Å². The Kier molecular flexibility index (Phi) is 11.8. The van der Waals surface area contributed by atoms with Gasteiger partial charge in [0, 0.05) is 63.4 Å². The van der Waals surface area contributed by atoms with Crippen molar-refractivity contribution in [2.45, 2.75) is 36.9 Å². The zero-order valence-corrected chi connectivity index (χ0v) is 17.4. The Bertz CT molecular complexity index is 480. The van der Waals surface area contributed by atoms with Gasteiger partial charge in [-0.05, 0) is 38.5 Å². The highest BCUT2D eigenvalue weighted by Gasteiger charge is 2.13. The standard InChI is InChI=1S/C18H32N4O2S2/c1-2-19-17(21-8-4-13-25-18-22-9-14-26-18)20-7-3-10-24-15-16-5-11-23-12-6-16/h9,14,16H,2-8,10-13,15H2,1H3,(H2,19,20,21). The zero-order valence-electron chi connectivity index (χ0n) is 15.7. The lowest BCUT2D eigenvalue weighted by Crippen LogP contribution is -2.38. The Hall–Kier alpha value is -0.830. The van der Waals surface area contributed by atoms with Crippen molar-refractivity contribution < 1.29 is 9.47 Å². The number of hydrogen-bond donors (Lipinski definition) is 2. The smallest absolute Gasteiger partial charge is 0.191 e. The van der Waals surface area contributed by atoms with Crippen LogP contribution in [0.3, 0.4) is 0 Å². The van der Waals surface area contributed by atoms with Gasteiger partial charge in [-0.15, -0.1) is 11.3 Å². The van der Waals surface area contributed by atoms with Crippen molar-refractivity contribution in [3.8, 4) is 0 Å². The third-order valence-corrected chi connectivity index (χ3v) is 6.06. The van der Waals surface area contributed by atoms with Gasteiger partial charge in [0.05, 0.1) is 0 Å². The first-order valence-electron chi connectivity index (χ1n) is 9.58. The first-order chi connectivity index (χ1) is 12.9. The van der Waals surface area contributed by atoms with Gasteiger partial charge in [-0.3, -0.25) is 4.99 Å². The maximum absolute atomic E-state index is 5.80. The number of thioether (sulfide) groups is 1. The van der Waals surface area contributed by atoms with E-state index in [0.717, 1.165) is 87.8 Å². The van der Waals surface area contributed by atoms with Crippen LogP contribution in [0.1, 0.15) is 32.6 Å². The minimum Gasteiger partial charge on any atom is -0.381 e. The zero-order chi connectivity index (χ0) is 18.3. The summed E-state index contributed by atoms with van der Waals surface area (Å²) >= 11 is 3.50. The molecule has 0 bridgehead atoms. The second-order valence-corrected chi connectivity index (χ2v) is 8.41. The summed E-state index contributed by atoms with van der Waals surface area (Å²) in [6.07, 6.45) is 6.17. The van der Waals surface area contributed by atoms with Crippen LogP contribution < -0.4 is 10.6 Å². The predicted octanol–water partition coefficient (Wildman–Crippen LogP) is 3.01. The highest BCUT2D eigenvalue weighted by molar-refractivity contribution is 8.00. The van der Waals surface area contributed by atoms with E-state index in [-0.39, 0.29) is 0 Å². The Morgan fingerprint density at radius 3 is 3.04 bits per heavy atom. The molecule has 0 atom stereocenters. The molecule has 0 aliphatic carbocycles. The fourth-order valence-electron chi connectivity index (χ4n) is 2.58. The number of rotatable bonds is 12. The molecule has 2 N–H and O–H groups in total. The maximum atomic E-state index is 5.80. The van der Waals surface area contributed by atoms with Crippen LogP contribution in [0.15, 0.2) is 20.9 Å². The topological polar surface area (TPSA) is 67.8 Å². The summed E-state index contributed by atoms with van der Waals surface area (Å²) in [7, 11) is 0. The van der Waals surface area contributed by atoms with E-state index < -0.39 is 0 Å². The van der Waals surface area contributed by atoms with Crippen LogP contribution in [-0.4, -0.2) is 62.8 Å². The van der Waals surface area contributed by atoms with Crippen molar-refractivity contribution in [1.29, 1.82) is 0 Å². The van der Waals surface area contributed by atoms with Crippen LogP contribution in [0.5, 0.6) is 0 Å². The molecule has 0 aromatic carbocycles. The number of ether oxygens (including phenoxy) is 2. The quantitative estimate of drug-likeness (QED) is 0.243. The number of nitrogens with one attached hydrogen (secondary N) is 2. The third-order valence-electron chi connectivity index (χ3n) is 4.00. The number of thiazole rings is 1. The summed E-state index contributed by atoms with van der Waals surface area (Å²) in [5.74, 6) is 2.63. The molecule has 1 aliphatic rings. The molecule has 0 spiro atoms. The van der Waals surface area contributed by atoms with Gasteiger partial charge in [0.25, 0.3) is 0 Å². The van der Waals surface area contributed by atoms with E-state index in [9.17, 15) is 0 Å². The molecule has 1 aliphatic heterocycles. The monoisotopic (exact) mass is 400 g/mol. The fraction of sp³-hybridized carbons (Fsp3) is 0.778. The third kappa shape index (κ3) is 9.75. The van der Waals surface area contributed by atoms with Gasteiger partial charge in [0.2, 0.25) is 0 Å². The van der Waals surface area contributed by atoms with E-state index >= 15 is 0 Å². The average Bonchev–Trinajstić information content (AvgIpc) is 3.18. The van der Waals surface area contributed by atoms with Gasteiger partial charge in [-0.25, -0.2) is 4.98 Å². The molecule has 0 unspecified atom stereocenters. The highest BCUT2D eigenvalue weighted by Crippen LogP contribution is 2.20. The molecule has 1 fully saturated rings. The van der Waals surface area contributed by atoms with Crippen molar-refractivity contribution in [2.24, 2.45) is 10.9 Å². The van der Waals surface area contributed by atoms with Crippen LogP contribution >= 0.6 is 23.1 Å². The van der Waals surface area contributed by atoms with Gasteiger partial charge >= 0.3 is 0 Å². The van der Waals surface area contributed by atoms with E-state index in [0.29, 0.717) is 5.92 Å². The lowest BCUT2D eigenvalue weighted by Gasteiger charge is -2.21. The van der Waals surface area contributed by atoms with Gasteiger partial charge in [-0.2, -0.15) is 0 Å². The van der Waals surface area contributed by atoms with Crippen LogP contribution in [0.2, 0.25) is 0 Å². The Balaban J connectivity index is 1.49. The lowest BCUT2D eigenvalue weighted by molar-refractivity contribution is 0.0203. The molecule has 0 saturated carbocycles. The van der Waals surface area contributed by atoms with Gasteiger partial charge in [0.15, 0.2) is 5.96 Å². The number of aliphatic imine (C=N–C) groups is 1. The molecule has 6 nitrogen and oxygen atoms in total. The van der Waals surface area contributed by atoms with Crippen LogP contribution in [0.4, 0.5) is 0 Å². The van der Waals surface area contributed by atoms with E-state index in [4.69, 9.17) is 9.47 Å². The summed E-state index contributed by atoms with van der Waals surface area (Å²) in [6, 6.07) is 0.